The summed E-state index contributed by atoms with van der Waals surface area (Å²) >= 11 is 0. The van der Waals surface area contributed by atoms with E-state index in [0.717, 1.165) is 41.7 Å². The number of para-hydroxylation sites is 2. The Hall–Kier alpha value is -2.53. The number of fused-ring (bicyclic) bond motifs is 1. The van der Waals surface area contributed by atoms with Gasteiger partial charge in [-0.15, -0.1) is 0 Å². The molecule has 1 heterocycles. The van der Waals surface area contributed by atoms with Crippen LogP contribution in [0.2, 0.25) is 0 Å². The largest absolute Gasteiger partial charge is 1.00 e. The smallest absolute Gasteiger partial charge is 1.00 e. The number of carbonyl (C=O) groups excluding carboxylic acids is 1. The van der Waals surface area contributed by atoms with Gasteiger partial charge in [0.15, 0.2) is 0 Å². The van der Waals surface area contributed by atoms with Gasteiger partial charge in [0.25, 0.3) is 0 Å². The van der Waals surface area contributed by atoms with E-state index in [9.17, 15) is 9.90 Å². The summed E-state index contributed by atoms with van der Waals surface area (Å²) in [6, 6.07) is 15.0. The van der Waals surface area contributed by atoms with Crippen LogP contribution in [0.3, 0.4) is 0 Å². The molecule has 1 unspecified atom stereocenters. The van der Waals surface area contributed by atoms with E-state index in [0.29, 0.717) is 5.92 Å². The van der Waals surface area contributed by atoms with Crippen LogP contribution in [0.5, 0.6) is 5.75 Å². The summed E-state index contributed by atoms with van der Waals surface area (Å²) in [6.45, 7) is 4.31. The second-order valence-electron chi connectivity index (χ2n) is 8.83. The molecular formula is C25H32ClN3O2. The summed E-state index contributed by atoms with van der Waals surface area (Å²) in [7, 11) is 0. The Balaban J connectivity index is 0.00000181. The van der Waals surface area contributed by atoms with Crippen LogP contribution in [0.4, 0.5) is 0 Å². The predicted octanol–water partition coefficient (Wildman–Crippen LogP) is 2.56. The fourth-order valence-corrected chi connectivity index (χ4v) is 4.49. The SMILES string of the molecule is CC(C)CC(C(=O)NC1CCCCC1)n1c(-c2ccc(O)cc2)nc2ccccc21.[Cl-].[H+]. The number of rotatable bonds is 6. The average molecular weight is 442 g/mol. The van der Waals surface area contributed by atoms with Crippen molar-refractivity contribution >= 4 is 16.9 Å². The number of benzene rings is 2. The van der Waals surface area contributed by atoms with Crippen LogP contribution >= 0.6 is 0 Å². The molecule has 1 aliphatic rings. The minimum Gasteiger partial charge on any atom is -1.00 e. The quantitative estimate of drug-likeness (QED) is 0.617. The highest BCUT2D eigenvalue weighted by molar-refractivity contribution is 5.87. The van der Waals surface area contributed by atoms with Crippen molar-refractivity contribution in [2.45, 2.75) is 64.5 Å². The van der Waals surface area contributed by atoms with E-state index in [2.05, 4.69) is 23.7 Å². The number of amides is 1. The first-order valence-electron chi connectivity index (χ1n) is 11.1. The average Bonchev–Trinajstić information content (AvgIpc) is 3.12. The Morgan fingerprint density at radius 2 is 1.81 bits per heavy atom. The molecule has 0 bridgehead atoms. The number of aromatic nitrogens is 2. The number of carbonyl (C=O) groups is 1. The zero-order chi connectivity index (χ0) is 21.1. The second-order valence-corrected chi connectivity index (χ2v) is 8.83. The fraction of sp³-hybridized carbons (Fsp3) is 0.440. The third kappa shape index (κ3) is 5.21. The van der Waals surface area contributed by atoms with Gasteiger partial charge in [-0.3, -0.25) is 4.79 Å². The van der Waals surface area contributed by atoms with Crippen LogP contribution in [-0.2, 0) is 4.79 Å². The van der Waals surface area contributed by atoms with Crippen molar-refractivity contribution in [3.8, 4) is 17.1 Å². The maximum atomic E-state index is 13.5. The highest BCUT2D eigenvalue weighted by Crippen LogP contribution is 2.32. The number of imidazole rings is 1. The van der Waals surface area contributed by atoms with Crippen LogP contribution in [0.25, 0.3) is 22.4 Å². The first-order valence-corrected chi connectivity index (χ1v) is 11.1. The number of halogens is 1. The lowest BCUT2D eigenvalue weighted by Gasteiger charge is -2.28. The number of hydrogen-bond acceptors (Lipinski definition) is 3. The van der Waals surface area contributed by atoms with Crippen molar-refractivity contribution in [2.75, 3.05) is 0 Å². The second kappa shape index (κ2) is 10.2. The lowest BCUT2D eigenvalue weighted by Crippen LogP contribution is -3.00. The summed E-state index contributed by atoms with van der Waals surface area (Å²) in [4.78, 5) is 18.4. The molecule has 6 heteroatoms. The zero-order valence-electron chi connectivity index (χ0n) is 19.2. The first-order chi connectivity index (χ1) is 14.5. The van der Waals surface area contributed by atoms with Crippen molar-refractivity contribution in [1.29, 1.82) is 0 Å². The molecular weight excluding hydrogens is 410 g/mol. The number of phenols is 1. The molecule has 3 aromatic rings. The molecule has 1 fully saturated rings. The molecule has 4 rings (SSSR count). The van der Waals surface area contributed by atoms with Crippen molar-refractivity contribution in [3.63, 3.8) is 0 Å². The minimum atomic E-state index is -0.330. The number of nitrogens with one attached hydrogen (secondary N) is 1. The number of phenolic OH excluding ortho intramolecular Hbond substituents is 1. The predicted molar refractivity (Wildman–Crippen MR) is 121 cm³/mol. The molecule has 1 aliphatic carbocycles. The van der Waals surface area contributed by atoms with E-state index in [-0.39, 0.29) is 37.6 Å². The van der Waals surface area contributed by atoms with E-state index >= 15 is 0 Å². The summed E-state index contributed by atoms with van der Waals surface area (Å²) in [6.07, 6.45) is 6.51. The topological polar surface area (TPSA) is 67.2 Å². The molecule has 1 atom stereocenters. The molecule has 0 saturated heterocycles. The van der Waals surface area contributed by atoms with Gasteiger partial charge >= 0.3 is 1.43 Å². The van der Waals surface area contributed by atoms with Gasteiger partial charge < -0.3 is 27.4 Å². The molecule has 1 saturated carbocycles. The van der Waals surface area contributed by atoms with Gasteiger partial charge in [-0.1, -0.05) is 45.2 Å². The fourth-order valence-electron chi connectivity index (χ4n) is 4.49. The summed E-state index contributed by atoms with van der Waals surface area (Å²) < 4.78 is 2.10. The van der Waals surface area contributed by atoms with E-state index in [1.807, 2.05) is 36.4 Å². The third-order valence-corrected chi connectivity index (χ3v) is 5.98. The Labute approximate surface area is 191 Å². The molecule has 2 N–H and O–H groups in total. The first kappa shape index (κ1) is 23.1. The van der Waals surface area contributed by atoms with Gasteiger partial charge in [0.1, 0.15) is 17.6 Å². The van der Waals surface area contributed by atoms with Gasteiger partial charge in [-0.25, -0.2) is 4.98 Å². The molecule has 0 aliphatic heterocycles. The summed E-state index contributed by atoms with van der Waals surface area (Å²) in [5, 5.41) is 13.1. The lowest BCUT2D eigenvalue weighted by atomic mass is 9.94. The molecule has 0 radical (unpaired) electrons. The Morgan fingerprint density at radius 1 is 1.13 bits per heavy atom. The molecule has 1 aromatic heterocycles. The van der Waals surface area contributed by atoms with Crippen molar-refractivity contribution in [3.05, 3.63) is 48.5 Å². The highest BCUT2D eigenvalue weighted by atomic mass is 35.5. The van der Waals surface area contributed by atoms with Gasteiger partial charge in [0.05, 0.1) is 11.0 Å². The number of hydrogen-bond donors (Lipinski definition) is 2. The molecule has 2 aromatic carbocycles. The Bertz CT molecular complexity index is 1010. The zero-order valence-corrected chi connectivity index (χ0v) is 19.0. The highest BCUT2D eigenvalue weighted by Gasteiger charge is 2.29. The van der Waals surface area contributed by atoms with Gasteiger partial charge in [-0.2, -0.15) is 0 Å². The maximum Gasteiger partial charge on any atom is 1.00 e. The third-order valence-electron chi connectivity index (χ3n) is 5.98. The van der Waals surface area contributed by atoms with Crippen LogP contribution in [0, 0.1) is 5.92 Å². The Kier molecular flexibility index (Phi) is 7.60. The normalized spacial score (nSPS) is 15.6. The standard InChI is InChI=1S/C25H31N3O2.ClH/c1-17(2)16-23(25(30)26-19-8-4-3-5-9-19)28-22-11-7-6-10-21(22)27-24(28)18-12-14-20(29)15-13-18;/h6-7,10-15,17,19,23,29H,3-5,8-9,16H2,1-2H3,(H,26,30);1H. The monoisotopic (exact) mass is 441 g/mol. The van der Waals surface area contributed by atoms with Crippen LogP contribution in [0.15, 0.2) is 48.5 Å². The van der Waals surface area contributed by atoms with E-state index in [4.69, 9.17) is 4.98 Å². The van der Waals surface area contributed by atoms with Crippen molar-refractivity contribution in [1.82, 2.24) is 14.9 Å². The molecule has 1 amide bonds. The maximum absolute atomic E-state index is 13.5. The van der Waals surface area contributed by atoms with Crippen LogP contribution in [0.1, 0.15) is 59.8 Å². The molecule has 5 nitrogen and oxygen atoms in total. The number of nitrogens with zero attached hydrogens (tertiary/aromatic N) is 2. The van der Waals surface area contributed by atoms with E-state index in [1.54, 1.807) is 12.1 Å². The van der Waals surface area contributed by atoms with Crippen molar-refractivity contribution < 1.29 is 23.7 Å². The van der Waals surface area contributed by atoms with Crippen LogP contribution < -0.4 is 17.7 Å². The van der Waals surface area contributed by atoms with E-state index < -0.39 is 0 Å². The lowest BCUT2D eigenvalue weighted by molar-refractivity contribution is -0.125. The van der Waals surface area contributed by atoms with Crippen LogP contribution in [-0.4, -0.2) is 26.6 Å². The molecule has 0 spiro atoms. The molecule has 166 valence electrons. The Morgan fingerprint density at radius 3 is 2.48 bits per heavy atom. The van der Waals surface area contributed by atoms with Gasteiger partial charge in [0, 0.05) is 11.6 Å². The van der Waals surface area contributed by atoms with E-state index in [1.165, 1.54) is 19.3 Å². The number of aromatic hydroxyl groups is 1. The molecule has 31 heavy (non-hydrogen) atoms. The minimum absolute atomic E-state index is 0. The summed E-state index contributed by atoms with van der Waals surface area (Å²) in [5.74, 6) is 1.43. The summed E-state index contributed by atoms with van der Waals surface area (Å²) in [5.41, 5.74) is 2.73. The van der Waals surface area contributed by atoms with Gasteiger partial charge in [0.2, 0.25) is 5.91 Å². The van der Waals surface area contributed by atoms with Gasteiger partial charge in [-0.05, 0) is 61.6 Å². The van der Waals surface area contributed by atoms with Crippen molar-refractivity contribution in [2.24, 2.45) is 5.92 Å².